The summed E-state index contributed by atoms with van der Waals surface area (Å²) in [5, 5.41) is 18.1. The molecule has 0 saturated heterocycles. The molecule has 1 aromatic carbocycles. The average Bonchev–Trinajstić information content (AvgIpc) is 2.93. The van der Waals surface area contributed by atoms with Crippen molar-refractivity contribution in [1.29, 1.82) is 0 Å². The van der Waals surface area contributed by atoms with Gasteiger partial charge in [-0.15, -0.1) is 0 Å². The minimum atomic E-state index is -0.769. The molecule has 0 unspecified atom stereocenters. The number of hydrogen-bond acceptors (Lipinski definition) is 8. The molecular weight excluding hydrogens is 292 g/mol. The van der Waals surface area contributed by atoms with Gasteiger partial charge in [-0.1, -0.05) is 5.16 Å². The van der Waals surface area contributed by atoms with Gasteiger partial charge in [-0.2, -0.15) is 0 Å². The zero-order chi connectivity index (χ0) is 15.5. The number of oxime groups is 1. The monoisotopic (exact) mass is 300 g/mol. The van der Waals surface area contributed by atoms with Gasteiger partial charge in [0.15, 0.2) is 5.84 Å². The van der Waals surface area contributed by atoms with Crippen LogP contribution in [0.1, 0.15) is 16.1 Å². The van der Waals surface area contributed by atoms with Crippen LogP contribution in [-0.2, 0) is 4.84 Å². The Labute approximate surface area is 122 Å². The molecule has 0 aliphatic heterocycles. The van der Waals surface area contributed by atoms with Crippen molar-refractivity contribution in [3.05, 3.63) is 53.3 Å². The van der Waals surface area contributed by atoms with E-state index in [0.29, 0.717) is 0 Å². The van der Waals surface area contributed by atoms with Crippen LogP contribution in [0.4, 0.5) is 0 Å². The third kappa shape index (κ3) is 2.52. The highest BCUT2D eigenvalue weighted by Crippen LogP contribution is 2.11. The molecule has 2 N–H and O–H groups in total. The lowest BCUT2D eigenvalue weighted by Gasteiger charge is -1.99. The summed E-state index contributed by atoms with van der Waals surface area (Å²) in [7, 11) is 0. The normalized spacial score (nSPS) is 11.5. The second-order valence-electron chi connectivity index (χ2n) is 4.08. The molecule has 0 aliphatic rings. The van der Waals surface area contributed by atoms with Crippen LogP contribution >= 0.6 is 0 Å². The summed E-state index contributed by atoms with van der Waals surface area (Å²) in [6, 6.07) is 4.10. The molecule has 3 aromatic rings. The lowest BCUT2D eigenvalue weighted by atomic mass is 10.2. The first-order valence-electron chi connectivity index (χ1n) is 5.96. The van der Waals surface area contributed by atoms with Crippen LogP contribution in [0.5, 0.6) is 0 Å². The Bertz CT molecular complexity index is 860. The third-order valence-electron chi connectivity index (χ3n) is 2.67. The molecule has 0 fully saturated rings. The number of carbonyl (C=O) groups excluding carboxylic acids is 1. The lowest BCUT2D eigenvalue weighted by Crippen LogP contribution is -2.22. The fourth-order valence-corrected chi connectivity index (χ4v) is 1.62. The fraction of sp³-hybridized carbons (Fsp3) is 0. The lowest BCUT2D eigenvalue weighted by molar-refractivity contribution is -0.782. The molecule has 2 aromatic heterocycles. The van der Waals surface area contributed by atoms with E-state index in [-0.39, 0.29) is 33.0 Å². The van der Waals surface area contributed by atoms with Gasteiger partial charge in [-0.05, 0) is 17.0 Å². The van der Waals surface area contributed by atoms with Gasteiger partial charge in [0.05, 0.1) is 11.8 Å². The Morgan fingerprint density at radius 1 is 1.41 bits per heavy atom. The predicted molar refractivity (Wildman–Crippen MR) is 71.1 cm³/mol. The Balaban J connectivity index is 1.78. The van der Waals surface area contributed by atoms with Gasteiger partial charge in [0, 0.05) is 23.6 Å². The maximum Gasteiger partial charge on any atom is 0.366 e. The van der Waals surface area contributed by atoms with Crippen molar-refractivity contribution in [1.82, 2.24) is 15.1 Å². The van der Waals surface area contributed by atoms with E-state index in [1.54, 1.807) is 0 Å². The summed E-state index contributed by atoms with van der Waals surface area (Å²) in [5.41, 5.74) is 6.43. The van der Waals surface area contributed by atoms with Crippen molar-refractivity contribution >= 4 is 22.8 Å². The minimum absolute atomic E-state index is 0.0960. The maximum atomic E-state index is 11.9. The van der Waals surface area contributed by atoms with E-state index in [9.17, 15) is 10.0 Å². The van der Waals surface area contributed by atoms with Crippen LogP contribution in [0.2, 0.25) is 0 Å². The van der Waals surface area contributed by atoms with Crippen molar-refractivity contribution in [3.8, 4) is 0 Å². The first-order chi connectivity index (χ1) is 10.6. The van der Waals surface area contributed by atoms with Crippen LogP contribution in [0.25, 0.3) is 11.0 Å². The summed E-state index contributed by atoms with van der Waals surface area (Å²) in [6.07, 6.45) is 4.27. The molecule has 10 heteroatoms. The minimum Gasteiger partial charge on any atom is -0.379 e. The quantitative estimate of drug-likeness (QED) is 0.229. The van der Waals surface area contributed by atoms with E-state index in [1.165, 1.54) is 36.8 Å². The molecule has 0 amide bonds. The largest absolute Gasteiger partial charge is 0.379 e. The first-order valence-corrected chi connectivity index (χ1v) is 5.96. The third-order valence-corrected chi connectivity index (χ3v) is 2.67. The molecule has 10 nitrogen and oxygen atoms in total. The molecular formula is C12H8N6O4. The Morgan fingerprint density at radius 3 is 3.05 bits per heavy atom. The van der Waals surface area contributed by atoms with Gasteiger partial charge in [-0.25, -0.2) is 9.78 Å². The number of nitrogens with two attached hydrogens (primary N) is 1. The summed E-state index contributed by atoms with van der Waals surface area (Å²) in [4.78, 5) is 24.5. The van der Waals surface area contributed by atoms with E-state index in [4.69, 9.17) is 10.6 Å². The molecule has 0 bridgehead atoms. The van der Waals surface area contributed by atoms with Crippen molar-refractivity contribution in [2.24, 2.45) is 10.9 Å². The molecule has 2 heterocycles. The van der Waals surface area contributed by atoms with Crippen LogP contribution in [0.15, 0.2) is 46.6 Å². The standard InChI is InChI=1S/C12H8N6O4/c13-11(9-6-14-3-4-15-9)17-21-12(19)7-1-2-10-8(5-7)16-22-18(10)20/h1-6H,(H2,13,17). The topological polar surface area (TPSA) is 143 Å². The molecule has 0 aliphatic carbocycles. The molecule has 3 rings (SSSR count). The number of rotatable bonds is 3. The highest BCUT2D eigenvalue weighted by molar-refractivity contribution is 5.97. The van der Waals surface area contributed by atoms with E-state index < -0.39 is 5.97 Å². The van der Waals surface area contributed by atoms with Crippen LogP contribution < -0.4 is 10.6 Å². The number of hydrogen-bond donors (Lipinski definition) is 1. The maximum absolute atomic E-state index is 11.9. The predicted octanol–water partition coefficient (Wildman–Crippen LogP) is -0.272. The molecule has 0 spiro atoms. The smallest absolute Gasteiger partial charge is 0.366 e. The second-order valence-corrected chi connectivity index (χ2v) is 4.08. The number of nitrogens with zero attached hydrogens (tertiary/aromatic N) is 5. The van der Waals surface area contributed by atoms with Gasteiger partial charge in [0.2, 0.25) is 11.0 Å². The molecule has 110 valence electrons. The number of aromatic nitrogens is 4. The Morgan fingerprint density at radius 2 is 2.27 bits per heavy atom. The SMILES string of the molecule is N/C(=N/OC(=O)c1ccc2c(c1)no[n+]2[O-])c1cnccn1. The van der Waals surface area contributed by atoms with E-state index in [1.807, 2.05) is 0 Å². The van der Waals surface area contributed by atoms with E-state index in [2.05, 4.69) is 24.9 Å². The molecule has 0 saturated carbocycles. The van der Waals surface area contributed by atoms with Crippen molar-refractivity contribution in [2.45, 2.75) is 0 Å². The average molecular weight is 300 g/mol. The highest BCUT2D eigenvalue weighted by atomic mass is 16.8. The van der Waals surface area contributed by atoms with Gasteiger partial charge in [0.1, 0.15) is 5.69 Å². The van der Waals surface area contributed by atoms with Crippen LogP contribution in [-0.4, -0.2) is 26.9 Å². The fourth-order valence-electron chi connectivity index (χ4n) is 1.62. The molecule has 0 atom stereocenters. The summed E-state index contributed by atoms with van der Waals surface area (Å²) in [6.45, 7) is 0. The van der Waals surface area contributed by atoms with Gasteiger partial charge >= 0.3 is 5.97 Å². The second kappa shape index (κ2) is 5.44. The van der Waals surface area contributed by atoms with Crippen molar-refractivity contribution in [2.75, 3.05) is 0 Å². The molecule has 0 radical (unpaired) electrons. The highest BCUT2D eigenvalue weighted by Gasteiger charge is 2.15. The van der Waals surface area contributed by atoms with Gasteiger partial charge < -0.3 is 15.8 Å². The Kier molecular flexibility index (Phi) is 3.32. The van der Waals surface area contributed by atoms with Crippen LogP contribution in [0.3, 0.4) is 0 Å². The van der Waals surface area contributed by atoms with Crippen LogP contribution in [0, 0.1) is 5.21 Å². The zero-order valence-corrected chi connectivity index (χ0v) is 10.9. The van der Waals surface area contributed by atoms with Crippen molar-refractivity contribution < 1.29 is 19.2 Å². The van der Waals surface area contributed by atoms with E-state index >= 15 is 0 Å². The Hall–Kier alpha value is -3.56. The van der Waals surface area contributed by atoms with E-state index in [0.717, 1.165) is 0 Å². The van der Waals surface area contributed by atoms with Gasteiger partial charge in [0.25, 0.3) is 0 Å². The van der Waals surface area contributed by atoms with Gasteiger partial charge in [-0.3, -0.25) is 9.61 Å². The summed E-state index contributed by atoms with van der Waals surface area (Å²) in [5.74, 6) is -0.865. The van der Waals surface area contributed by atoms with Crippen molar-refractivity contribution in [3.63, 3.8) is 0 Å². The number of carbonyl (C=O) groups is 1. The molecule has 22 heavy (non-hydrogen) atoms. The number of amidine groups is 1. The zero-order valence-electron chi connectivity index (χ0n) is 10.9. The number of benzene rings is 1. The number of fused-ring (bicyclic) bond motifs is 1. The summed E-state index contributed by atoms with van der Waals surface area (Å²) < 4.78 is 4.40. The first kappa shape index (κ1) is 13.4. The summed E-state index contributed by atoms with van der Waals surface area (Å²) >= 11 is 0.